The molecular weight excluding hydrogens is 344 g/mol. The number of benzene rings is 2. The summed E-state index contributed by atoms with van der Waals surface area (Å²) < 4.78 is 4.79. The molecule has 2 amide bonds. The highest BCUT2D eigenvalue weighted by Gasteiger charge is 2.22. The molecule has 2 aromatic rings. The molecule has 2 rings (SSSR count). The fraction of sp³-hybridized carbons (Fsp3) is 0.190. The van der Waals surface area contributed by atoms with Crippen molar-refractivity contribution in [3.05, 3.63) is 71.8 Å². The van der Waals surface area contributed by atoms with Crippen molar-refractivity contribution in [3.8, 4) is 0 Å². The van der Waals surface area contributed by atoms with Crippen LogP contribution in [0.5, 0.6) is 0 Å². The molecule has 2 aromatic carbocycles. The molecule has 140 valence electrons. The smallest absolute Gasteiger partial charge is 0.328 e. The van der Waals surface area contributed by atoms with E-state index in [2.05, 4.69) is 10.6 Å². The van der Waals surface area contributed by atoms with E-state index in [4.69, 9.17) is 4.74 Å². The third kappa shape index (κ3) is 6.11. The molecule has 0 spiro atoms. The maximum Gasteiger partial charge on any atom is 0.328 e. The Kier molecular flexibility index (Phi) is 7.31. The molecule has 0 unspecified atom stereocenters. The molecule has 0 saturated heterocycles. The molecular formula is C21H22N2O4. The first-order chi connectivity index (χ1) is 13.0. The zero-order valence-electron chi connectivity index (χ0n) is 15.3. The Morgan fingerprint density at radius 2 is 1.70 bits per heavy atom. The Hall–Kier alpha value is -3.41. The van der Waals surface area contributed by atoms with Gasteiger partial charge in [-0.25, -0.2) is 4.79 Å². The number of anilines is 1. The van der Waals surface area contributed by atoms with Crippen LogP contribution in [0, 0.1) is 0 Å². The van der Waals surface area contributed by atoms with Crippen LogP contribution in [0.15, 0.2) is 60.7 Å². The van der Waals surface area contributed by atoms with Gasteiger partial charge in [0.1, 0.15) is 6.04 Å². The minimum Gasteiger partial charge on any atom is -0.467 e. The Morgan fingerprint density at radius 1 is 1.04 bits per heavy atom. The van der Waals surface area contributed by atoms with Gasteiger partial charge in [0.2, 0.25) is 5.91 Å². The number of amides is 2. The summed E-state index contributed by atoms with van der Waals surface area (Å²) >= 11 is 0. The lowest BCUT2D eigenvalue weighted by Crippen LogP contribution is -2.41. The van der Waals surface area contributed by atoms with Crippen LogP contribution in [0.4, 0.5) is 5.69 Å². The second-order valence-electron chi connectivity index (χ2n) is 5.82. The lowest BCUT2D eigenvalue weighted by atomic mass is 10.1. The van der Waals surface area contributed by atoms with Crippen molar-refractivity contribution in [2.24, 2.45) is 0 Å². The third-order valence-corrected chi connectivity index (χ3v) is 3.76. The van der Waals surface area contributed by atoms with Crippen molar-refractivity contribution in [1.82, 2.24) is 5.32 Å². The Morgan fingerprint density at radius 3 is 2.37 bits per heavy atom. The molecule has 0 fully saturated rings. The van der Waals surface area contributed by atoms with Crippen LogP contribution in [0.25, 0.3) is 6.08 Å². The molecule has 0 aliphatic heterocycles. The largest absolute Gasteiger partial charge is 0.467 e. The Labute approximate surface area is 158 Å². The van der Waals surface area contributed by atoms with Gasteiger partial charge in [0.25, 0.3) is 5.91 Å². The molecule has 0 aliphatic carbocycles. The fourth-order valence-electron chi connectivity index (χ4n) is 2.48. The average molecular weight is 366 g/mol. The third-order valence-electron chi connectivity index (χ3n) is 3.76. The summed E-state index contributed by atoms with van der Waals surface area (Å²) in [5.41, 5.74) is 1.64. The molecule has 0 heterocycles. The van der Waals surface area contributed by atoms with Gasteiger partial charge in [0, 0.05) is 6.92 Å². The van der Waals surface area contributed by atoms with E-state index in [0.717, 1.165) is 5.56 Å². The molecule has 6 heteroatoms. The second kappa shape index (κ2) is 9.91. The van der Waals surface area contributed by atoms with Gasteiger partial charge in [0.05, 0.1) is 18.4 Å². The minimum absolute atomic E-state index is 0.272. The lowest BCUT2D eigenvalue weighted by molar-refractivity contribution is -0.142. The first-order valence-corrected chi connectivity index (χ1v) is 8.48. The van der Waals surface area contributed by atoms with E-state index in [1.54, 1.807) is 30.3 Å². The lowest BCUT2D eigenvalue weighted by Gasteiger charge is -2.16. The van der Waals surface area contributed by atoms with Gasteiger partial charge in [-0.15, -0.1) is 0 Å². The van der Waals surface area contributed by atoms with E-state index in [1.165, 1.54) is 14.0 Å². The Balaban J connectivity index is 2.12. The molecule has 27 heavy (non-hydrogen) atoms. The van der Waals surface area contributed by atoms with Crippen molar-refractivity contribution in [2.75, 3.05) is 12.4 Å². The quantitative estimate of drug-likeness (QED) is 0.738. The van der Waals surface area contributed by atoms with Crippen molar-refractivity contribution in [2.45, 2.75) is 19.4 Å². The van der Waals surface area contributed by atoms with Gasteiger partial charge in [0.15, 0.2) is 0 Å². The molecule has 0 saturated carbocycles. The van der Waals surface area contributed by atoms with Crippen LogP contribution in [0.1, 0.15) is 29.3 Å². The number of methoxy groups -OCH3 is 1. The second-order valence-corrected chi connectivity index (χ2v) is 5.82. The number of nitrogens with one attached hydrogen (secondary N) is 2. The van der Waals surface area contributed by atoms with Crippen molar-refractivity contribution in [3.63, 3.8) is 0 Å². The van der Waals surface area contributed by atoms with Gasteiger partial charge in [-0.1, -0.05) is 54.6 Å². The number of carbonyl (C=O) groups is 3. The summed E-state index contributed by atoms with van der Waals surface area (Å²) in [6, 6.07) is 15.4. The Bertz CT molecular complexity index is 831. The average Bonchev–Trinajstić information content (AvgIpc) is 2.67. The van der Waals surface area contributed by atoms with Crippen molar-refractivity contribution in [1.29, 1.82) is 0 Å². The molecule has 6 nitrogen and oxygen atoms in total. The first-order valence-electron chi connectivity index (χ1n) is 8.48. The summed E-state index contributed by atoms with van der Waals surface area (Å²) in [5.74, 6) is -1.30. The highest BCUT2D eigenvalue weighted by atomic mass is 16.5. The van der Waals surface area contributed by atoms with Gasteiger partial charge in [-0.2, -0.15) is 0 Å². The molecule has 0 aliphatic rings. The van der Waals surface area contributed by atoms with E-state index >= 15 is 0 Å². The van der Waals surface area contributed by atoms with Gasteiger partial charge in [-0.05, 0) is 24.1 Å². The van der Waals surface area contributed by atoms with Crippen LogP contribution < -0.4 is 10.6 Å². The monoisotopic (exact) mass is 366 g/mol. The first kappa shape index (κ1) is 19.9. The highest BCUT2D eigenvalue weighted by Crippen LogP contribution is 2.15. The predicted molar refractivity (Wildman–Crippen MR) is 104 cm³/mol. The van der Waals surface area contributed by atoms with Gasteiger partial charge < -0.3 is 15.4 Å². The van der Waals surface area contributed by atoms with E-state index in [-0.39, 0.29) is 17.9 Å². The summed E-state index contributed by atoms with van der Waals surface area (Å²) in [4.78, 5) is 36.0. The van der Waals surface area contributed by atoms with Crippen molar-refractivity contribution >= 4 is 29.5 Å². The van der Waals surface area contributed by atoms with E-state index < -0.39 is 17.9 Å². The van der Waals surface area contributed by atoms with E-state index in [9.17, 15) is 14.4 Å². The van der Waals surface area contributed by atoms with Gasteiger partial charge >= 0.3 is 5.97 Å². The van der Waals surface area contributed by atoms with Crippen molar-refractivity contribution < 1.29 is 19.1 Å². The topological polar surface area (TPSA) is 84.5 Å². The number of rotatable bonds is 7. The maximum atomic E-state index is 12.6. The minimum atomic E-state index is -0.840. The SMILES string of the molecule is COC(=O)[C@@H](C/C=C/c1ccccc1)NC(=O)c1ccccc1NC(C)=O. The summed E-state index contributed by atoms with van der Waals surface area (Å²) in [5, 5.41) is 5.27. The standard InChI is InChI=1S/C21H22N2O4/c1-15(24)22-18-13-7-6-12-17(18)20(25)23-19(21(26)27-2)14-8-11-16-9-4-3-5-10-16/h3-13,19H,14H2,1-2H3,(H,22,24)(H,23,25)/b11-8+/t19-/m1/s1. The zero-order chi connectivity index (χ0) is 19.6. The summed E-state index contributed by atoms with van der Waals surface area (Å²) in [7, 11) is 1.27. The molecule has 0 bridgehead atoms. The van der Waals surface area contributed by atoms with Crippen LogP contribution in [0.3, 0.4) is 0 Å². The fourth-order valence-corrected chi connectivity index (χ4v) is 2.48. The highest BCUT2D eigenvalue weighted by molar-refractivity contribution is 6.04. The zero-order valence-corrected chi connectivity index (χ0v) is 15.3. The normalized spacial score (nSPS) is 11.6. The van der Waals surface area contributed by atoms with Crippen LogP contribution in [0.2, 0.25) is 0 Å². The van der Waals surface area contributed by atoms with Crippen LogP contribution >= 0.6 is 0 Å². The number of ether oxygens (including phenoxy) is 1. The summed E-state index contributed by atoms with van der Waals surface area (Å²) in [6.45, 7) is 1.36. The number of para-hydroxylation sites is 1. The molecule has 2 N–H and O–H groups in total. The molecule has 1 atom stereocenters. The number of esters is 1. The number of hydrogen-bond acceptors (Lipinski definition) is 4. The predicted octanol–water partition coefficient (Wildman–Crippen LogP) is 3.02. The number of carbonyl (C=O) groups excluding carboxylic acids is 3. The number of hydrogen-bond donors (Lipinski definition) is 2. The molecule has 0 radical (unpaired) electrons. The van der Waals surface area contributed by atoms with Gasteiger partial charge in [-0.3, -0.25) is 9.59 Å². The summed E-state index contributed by atoms with van der Waals surface area (Å²) in [6.07, 6.45) is 3.94. The van der Waals surface area contributed by atoms with E-state index in [0.29, 0.717) is 5.69 Å². The van der Waals surface area contributed by atoms with Crippen LogP contribution in [-0.2, 0) is 14.3 Å². The van der Waals surface area contributed by atoms with E-state index in [1.807, 2.05) is 36.4 Å². The van der Waals surface area contributed by atoms with Crippen LogP contribution in [-0.4, -0.2) is 30.9 Å². The molecule has 0 aromatic heterocycles. The maximum absolute atomic E-state index is 12.6.